The fourth-order valence-electron chi connectivity index (χ4n) is 3.26. The number of imidazole rings is 1. The molecule has 0 saturated heterocycles. The molecular formula is C16H14N5+. The van der Waals surface area contributed by atoms with Gasteiger partial charge in [0.15, 0.2) is 5.52 Å². The van der Waals surface area contributed by atoms with E-state index in [1.54, 1.807) is 29.1 Å². The molecule has 102 valence electrons. The molecular weight excluding hydrogens is 262 g/mol. The van der Waals surface area contributed by atoms with Gasteiger partial charge < -0.3 is 0 Å². The fraction of sp³-hybridized carbons (Fsp3) is 0.188. The van der Waals surface area contributed by atoms with Gasteiger partial charge in [0.25, 0.3) is 5.65 Å². The third kappa shape index (κ3) is 1.15. The molecule has 1 aliphatic heterocycles. The quantitative estimate of drug-likeness (QED) is 0.406. The lowest BCUT2D eigenvalue weighted by Gasteiger charge is -1.97. The van der Waals surface area contributed by atoms with E-state index < -0.39 is 14.0 Å². The Balaban J connectivity index is 2.07. The third-order valence-corrected chi connectivity index (χ3v) is 4.14. The molecule has 5 heterocycles. The maximum absolute atomic E-state index is 8.12. The smallest absolute Gasteiger partial charge is 0.264 e. The summed E-state index contributed by atoms with van der Waals surface area (Å²) in [6.07, 6.45) is 6.29. The lowest BCUT2D eigenvalue weighted by Crippen LogP contribution is -2.33. The first kappa shape index (κ1) is 6.85. The van der Waals surface area contributed by atoms with Crippen molar-refractivity contribution >= 4 is 22.1 Å². The van der Waals surface area contributed by atoms with Crippen molar-refractivity contribution in [2.75, 3.05) is 0 Å². The average molecular weight is 282 g/mol. The highest BCUT2D eigenvalue weighted by molar-refractivity contribution is 6.04. The van der Waals surface area contributed by atoms with Gasteiger partial charge in [-0.2, -0.15) is 0 Å². The molecule has 5 rings (SSSR count). The molecule has 0 atom stereocenters. The zero-order valence-corrected chi connectivity index (χ0v) is 10.9. The summed E-state index contributed by atoms with van der Waals surface area (Å²) in [6, 6.07) is 3.42. The summed E-state index contributed by atoms with van der Waals surface area (Å²) >= 11 is 0. The second kappa shape index (κ2) is 3.49. The summed E-state index contributed by atoms with van der Waals surface area (Å²) in [5, 5.41) is 0.546. The number of rotatable bonds is 0. The Hall–Kier alpha value is -2.69. The molecule has 5 heteroatoms. The van der Waals surface area contributed by atoms with Crippen LogP contribution in [0.15, 0.2) is 36.9 Å². The Morgan fingerprint density at radius 3 is 2.90 bits per heavy atom. The fourth-order valence-corrected chi connectivity index (χ4v) is 3.26. The van der Waals surface area contributed by atoms with E-state index >= 15 is 0 Å². The Kier molecular flexibility index (Phi) is 1.14. The molecule has 21 heavy (non-hydrogen) atoms. The van der Waals surface area contributed by atoms with Crippen molar-refractivity contribution in [2.24, 2.45) is 14.0 Å². The Labute approximate surface area is 129 Å². The normalized spacial score (nSPS) is 18.5. The van der Waals surface area contributed by atoms with Gasteiger partial charge in [0.2, 0.25) is 5.82 Å². The zero-order chi connectivity index (χ0) is 19.1. The van der Waals surface area contributed by atoms with E-state index in [1.807, 2.05) is 0 Å². The number of nitrogens with zero attached hydrogens (tertiary/aromatic N) is 5. The van der Waals surface area contributed by atoms with Crippen LogP contribution >= 0.6 is 0 Å². The molecule has 0 saturated carbocycles. The van der Waals surface area contributed by atoms with E-state index in [-0.39, 0.29) is 0 Å². The van der Waals surface area contributed by atoms with Gasteiger partial charge in [-0.25, -0.2) is 4.57 Å². The van der Waals surface area contributed by atoms with Crippen molar-refractivity contribution < 1.29 is 12.8 Å². The molecule has 0 bridgehead atoms. The Bertz CT molecular complexity index is 1230. The third-order valence-electron chi connectivity index (χ3n) is 4.14. The van der Waals surface area contributed by atoms with Gasteiger partial charge in [0, 0.05) is 24.2 Å². The van der Waals surface area contributed by atoms with Crippen molar-refractivity contribution in [3.8, 4) is 11.4 Å². The molecule has 5 nitrogen and oxygen atoms in total. The lowest BCUT2D eigenvalue weighted by atomic mass is 10.2. The van der Waals surface area contributed by atoms with Crippen LogP contribution < -0.4 is 4.57 Å². The van der Waals surface area contributed by atoms with Gasteiger partial charge in [0.05, 0.1) is 45.9 Å². The topological polar surface area (TPSA) is 39.5 Å². The Morgan fingerprint density at radius 1 is 1.14 bits per heavy atom. The highest BCUT2D eigenvalue weighted by Crippen LogP contribution is 2.34. The summed E-state index contributed by atoms with van der Waals surface area (Å²) in [5.41, 5.74) is 2.70. The van der Waals surface area contributed by atoms with Gasteiger partial charge in [-0.3, -0.25) is 19.1 Å². The summed E-state index contributed by atoms with van der Waals surface area (Å²) in [4.78, 5) is 8.16. The van der Waals surface area contributed by atoms with Crippen LogP contribution in [0.3, 0.4) is 0 Å². The summed E-state index contributed by atoms with van der Waals surface area (Å²) in [6.45, 7) is -4.61. The van der Waals surface area contributed by atoms with Crippen LogP contribution in [0.5, 0.6) is 0 Å². The second-order valence-electron chi connectivity index (χ2n) is 5.18. The highest BCUT2D eigenvalue weighted by Gasteiger charge is 2.34. The molecule has 0 radical (unpaired) electrons. The van der Waals surface area contributed by atoms with E-state index in [1.165, 1.54) is 21.5 Å². The molecule has 1 aliphatic rings. The largest absolute Gasteiger partial charge is 0.269 e. The van der Waals surface area contributed by atoms with Crippen LogP contribution in [0.4, 0.5) is 0 Å². The van der Waals surface area contributed by atoms with Crippen molar-refractivity contribution in [2.45, 2.75) is 6.54 Å². The number of aromatic nitrogens is 5. The molecule has 0 amide bonds. The minimum absolute atomic E-state index is 0.348. The molecule has 0 unspecified atom stereocenters. The van der Waals surface area contributed by atoms with Gasteiger partial charge in [0.1, 0.15) is 5.52 Å². The van der Waals surface area contributed by atoms with Gasteiger partial charge in [-0.15, -0.1) is 0 Å². The zero-order valence-electron chi connectivity index (χ0n) is 16.9. The monoisotopic (exact) mass is 282 g/mol. The lowest BCUT2D eigenvalue weighted by molar-refractivity contribution is -0.648. The SMILES string of the molecule is [2H]C([2H])([2H])n1c2[n+](c3c1c1ccncc1n3C([2H])([2H])[2H])Cc1cnccc1-2. The first-order valence-electron chi connectivity index (χ1n) is 9.56. The standard InChI is InChI=1S/C16H14N5/c1-19-13-8-18-6-4-12(13)14-16(19)21-9-10-7-17-5-3-11(10)15(21)20(14)2/h3-8H,9H2,1-2H3/q+1/i1D3,2D3. The molecule has 0 fully saturated rings. The van der Waals surface area contributed by atoms with Crippen molar-refractivity contribution in [1.82, 2.24) is 19.1 Å². The van der Waals surface area contributed by atoms with Gasteiger partial charge in [-0.05, 0) is 12.1 Å². The maximum Gasteiger partial charge on any atom is 0.269 e. The van der Waals surface area contributed by atoms with Gasteiger partial charge >= 0.3 is 0 Å². The minimum atomic E-state index is -2.49. The number of fused-ring (bicyclic) bond motifs is 7. The van der Waals surface area contributed by atoms with Crippen LogP contribution in [0.1, 0.15) is 13.8 Å². The van der Waals surface area contributed by atoms with Crippen LogP contribution in [0.2, 0.25) is 0 Å². The van der Waals surface area contributed by atoms with E-state index in [9.17, 15) is 0 Å². The molecule has 0 N–H and O–H groups in total. The van der Waals surface area contributed by atoms with Crippen LogP contribution in [0.25, 0.3) is 33.5 Å². The predicted molar refractivity (Wildman–Crippen MR) is 79.7 cm³/mol. The number of aryl methyl sites for hydroxylation is 2. The summed E-state index contributed by atoms with van der Waals surface area (Å²) in [5.74, 6) is 0.467. The average Bonchev–Trinajstić information content (AvgIpc) is 3.19. The first-order valence-corrected chi connectivity index (χ1v) is 6.56. The summed E-state index contributed by atoms with van der Waals surface area (Å²) < 4.78 is 52.7. The van der Waals surface area contributed by atoms with Crippen LogP contribution in [-0.2, 0) is 20.5 Å². The van der Waals surface area contributed by atoms with Crippen molar-refractivity contribution in [3.63, 3.8) is 0 Å². The van der Waals surface area contributed by atoms with E-state index in [0.29, 0.717) is 34.4 Å². The van der Waals surface area contributed by atoms with Crippen LogP contribution in [-0.4, -0.2) is 19.1 Å². The summed E-state index contributed by atoms with van der Waals surface area (Å²) in [7, 11) is 0. The Morgan fingerprint density at radius 2 is 2.00 bits per heavy atom. The van der Waals surface area contributed by atoms with E-state index in [2.05, 4.69) is 9.97 Å². The minimum Gasteiger partial charge on any atom is -0.264 e. The van der Waals surface area contributed by atoms with E-state index in [4.69, 9.17) is 8.22 Å². The number of hydrogen-bond acceptors (Lipinski definition) is 2. The highest BCUT2D eigenvalue weighted by atomic mass is 15.2. The van der Waals surface area contributed by atoms with Gasteiger partial charge in [-0.1, -0.05) is 0 Å². The molecule has 0 spiro atoms. The van der Waals surface area contributed by atoms with E-state index in [0.717, 1.165) is 11.1 Å². The molecule has 0 aliphatic carbocycles. The second-order valence-corrected chi connectivity index (χ2v) is 5.18. The molecule has 0 aromatic carbocycles. The van der Waals surface area contributed by atoms with Crippen molar-refractivity contribution in [1.29, 1.82) is 0 Å². The van der Waals surface area contributed by atoms with Crippen LogP contribution in [0, 0.1) is 0 Å². The predicted octanol–water partition coefficient (Wildman–Crippen LogP) is 1.78. The molecule has 4 aromatic heterocycles. The first-order chi connectivity index (χ1) is 12.7. The number of hydrogen-bond donors (Lipinski definition) is 0. The maximum atomic E-state index is 8.12. The number of pyridine rings is 2. The van der Waals surface area contributed by atoms with Crippen molar-refractivity contribution in [3.05, 3.63) is 42.5 Å². The molecule has 4 aromatic rings.